The zero-order valence-corrected chi connectivity index (χ0v) is 17.1. The van der Waals surface area contributed by atoms with E-state index >= 15 is 0 Å². The van der Waals surface area contributed by atoms with E-state index in [0.717, 1.165) is 11.1 Å². The lowest BCUT2D eigenvalue weighted by molar-refractivity contribution is 0.563. The first-order valence-corrected chi connectivity index (χ1v) is 10.9. The van der Waals surface area contributed by atoms with Crippen LogP contribution in [0.1, 0.15) is 11.1 Å². The molecule has 7 heteroatoms. The van der Waals surface area contributed by atoms with Crippen molar-refractivity contribution in [3.05, 3.63) is 100 Å². The maximum Gasteiger partial charge on any atom is 0.363 e. The van der Waals surface area contributed by atoms with Crippen molar-refractivity contribution < 1.29 is 12.8 Å². The molecule has 4 rings (SSSR count). The Labute approximate surface area is 174 Å². The van der Waals surface area contributed by atoms with E-state index in [1.54, 1.807) is 36.4 Å². The van der Waals surface area contributed by atoms with Gasteiger partial charge in [-0.15, -0.1) is 0 Å². The fraction of sp³-hybridized carbons (Fsp3) is 0.0870. The quantitative estimate of drug-likeness (QED) is 0.448. The highest BCUT2D eigenvalue weighted by atomic mass is 32.2. The molecule has 0 unspecified atom stereocenters. The maximum absolute atomic E-state index is 12.9. The predicted molar refractivity (Wildman–Crippen MR) is 118 cm³/mol. The minimum atomic E-state index is -3.98. The molecule has 30 heavy (non-hydrogen) atoms. The Hall–Kier alpha value is -3.58. The summed E-state index contributed by atoms with van der Waals surface area (Å²) in [5, 5.41) is 3.82. The second-order valence-electron chi connectivity index (χ2n) is 6.89. The first-order valence-electron chi connectivity index (χ1n) is 9.37. The molecule has 0 radical (unpaired) electrons. The Bertz CT molecular complexity index is 1350. The summed E-state index contributed by atoms with van der Waals surface area (Å²) in [5.41, 5.74) is 1.76. The Morgan fingerprint density at radius 2 is 1.50 bits per heavy atom. The van der Waals surface area contributed by atoms with E-state index < -0.39 is 15.6 Å². The van der Waals surface area contributed by atoms with Crippen LogP contribution in [0.5, 0.6) is 0 Å². The van der Waals surface area contributed by atoms with Crippen molar-refractivity contribution in [2.45, 2.75) is 18.4 Å². The van der Waals surface area contributed by atoms with Gasteiger partial charge in [0.1, 0.15) is 5.58 Å². The lowest BCUT2D eigenvalue weighted by Crippen LogP contribution is -2.20. The Morgan fingerprint density at radius 3 is 2.23 bits per heavy atom. The van der Waals surface area contributed by atoms with Gasteiger partial charge in [-0.25, -0.2) is 13.2 Å². The molecule has 0 atom stereocenters. The Balaban J connectivity index is 1.79. The van der Waals surface area contributed by atoms with Gasteiger partial charge in [-0.05, 0) is 36.8 Å². The van der Waals surface area contributed by atoms with Gasteiger partial charge in [0.25, 0.3) is 10.0 Å². The zero-order chi connectivity index (χ0) is 21.1. The van der Waals surface area contributed by atoms with Crippen LogP contribution in [-0.4, -0.2) is 8.42 Å². The number of nitrogens with one attached hydrogen (secondary N) is 2. The van der Waals surface area contributed by atoms with Crippen molar-refractivity contribution in [3.63, 3.8) is 0 Å². The van der Waals surface area contributed by atoms with Crippen molar-refractivity contribution in [3.8, 4) is 0 Å². The molecule has 0 aliphatic heterocycles. The first-order chi connectivity index (χ1) is 14.4. The third-order valence-electron chi connectivity index (χ3n) is 4.69. The Morgan fingerprint density at radius 1 is 0.833 bits per heavy atom. The first kappa shape index (κ1) is 19.7. The summed E-state index contributed by atoms with van der Waals surface area (Å²) in [6.45, 7) is 2.28. The fourth-order valence-electron chi connectivity index (χ4n) is 3.12. The van der Waals surface area contributed by atoms with E-state index in [2.05, 4.69) is 10.0 Å². The van der Waals surface area contributed by atoms with Gasteiger partial charge in [-0.2, -0.15) is 0 Å². The predicted octanol–water partition coefficient (Wildman–Crippen LogP) is 4.51. The van der Waals surface area contributed by atoms with Gasteiger partial charge in [-0.3, -0.25) is 4.72 Å². The van der Waals surface area contributed by atoms with Crippen LogP contribution < -0.4 is 15.7 Å². The third-order valence-corrected chi connectivity index (χ3v) is 6.06. The molecule has 0 saturated heterocycles. The second kappa shape index (κ2) is 8.04. The molecule has 2 N–H and O–H groups in total. The normalized spacial score (nSPS) is 11.4. The molecule has 0 amide bonds. The van der Waals surface area contributed by atoms with E-state index in [9.17, 15) is 13.2 Å². The lowest BCUT2D eigenvalue weighted by atomic mass is 10.1. The molecule has 0 fully saturated rings. The summed E-state index contributed by atoms with van der Waals surface area (Å²) in [5.74, 6) is 0. The number of aryl methyl sites for hydroxylation is 1. The molecular weight excluding hydrogens is 400 g/mol. The highest BCUT2D eigenvalue weighted by Gasteiger charge is 2.21. The van der Waals surface area contributed by atoms with Crippen LogP contribution in [0.4, 0.5) is 11.4 Å². The van der Waals surface area contributed by atoms with E-state index in [0.29, 0.717) is 23.2 Å². The van der Waals surface area contributed by atoms with Crippen LogP contribution in [0.15, 0.2) is 93.0 Å². The molecule has 0 aliphatic carbocycles. The number of anilines is 2. The minimum Gasteiger partial charge on any atom is -0.421 e. The molecule has 4 aromatic rings. The van der Waals surface area contributed by atoms with Gasteiger partial charge in [0.15, 0.2) is 5.69 Å². The number of sulfonamides is 1. The maximum atomic E-state index is 12.9. The highest BCUT2D eigenvalue weighted by molar-refractivity contribution is 7.92. The van der Waals surface area contributed by atoms with Crippen LogP contribution in [0.2, 0.25) is 0 Å². The summed E-state index contributed by atoms with van der Waals surface area (Å²) in [7, 11) is -3.98. The van der Waals surface area contributed by atoms with Crippen LogP contribution in [0, 0.1) is 6.92 Å². The summed E-state index contributed by atoms with van der Waals surface area (Å²) in [6.07, 6.45) is 0. The van der Waals surface area contributed by atoms with Gasteiger partial charge in [0.2, 0.25) is 0 Å². The molecule has 6 nitrogen and oxygen atoms in total. The molecule has 1 aromatic heterocycles. The number of rotatable bonds is 6. The van der Waals surface area contributed by atoms with Crippen LogP contribution in [-0.2, 0) is 16.6 Å². The number of benzene rings is 3. The van der Waals surface area contributed by atoms with Crippen LogP contribution in [0.25, 0.3) is 11.0 Å². The van der Waals surface area contributed by atoms with Crippen molar-refractivity contribution in [1.82, 2.24) is 0 Å². The fourth-order valence-corrected chi connectivity index (χ4v) is 4.19. The number of para-hydroxylation sites is 1. The monoisotopic (exact) mass is 420 g/mol. The third kappa shape index (κ3) is 4.06. The van der Waals surface area contributed by atoms with Crippen molar-refractivity contribution in [2.75, 3.05) is 10.0 Å². The number of hydrogen-bond acceptors (Lipinski definition) is 5. The molecule has 152 valence electrons. The summed E-state index contributed by atoms with van der Waals surface area (Å²) < 4.78 is 33.6. The van der Waals surface area contributed by atoms with E-state index in [-0.39, 0.29) is 10.6 Å². The minimum absolute atomic E-state index is 0.0645. The summed E-state index contributed by atoms with van der Waals surface area (Å²) >= 11 is 0. The van der Waals surface area contributed by atoms with Gasteiger partial charge < -0.3 is 9.73 Å². The smallest absolute Gasteiger partial charge is 0.363 e. The molecule has 0 bridgehead atoms. The van der Waals surface area contributed by atoms with Gasteiger partial charge in [-0.1, -0.05) is 60.2 Å². The average Bonchev–Trinajstić information content (AvgIpc) is 2.74. The number of fused-ring (bicyclic) bond motifs is 1. The van der Waals surface area contributed by atoms with Crippen LogP contribution >= 0.6 is 0 Å². The highest BCUT2D eigenvalue weighted by Crippen LogP contribution is 2.30. The van der Waals surface area contributed by atoms with E-state index in [1.165, 1.54) is 12.1 Å². The van der Waals surface area contributed by atoms with Gasteiger partial charge >= 0.3 is 5.63 Å². The van der Waals surface area contributed by atoms with Crippen molar-refractivity contribution in [1.29, 1.82) is 0 Å². The molecule has 0 aliphatic rings. The summed E-state index contributed by atoms with van der Waals surface area (Å²) in [4.78, 5) is 12.8. The molecule has 0 spiro atoms. The van der Waals surface area contributed by atoms with Gasteiger partial charge in [0, 0.05) is 11.9 Å². The molecule has 0 saturated carbocycles. The largest absolute Gasteiger partial charge is 0.421 e. The van der Waals surface area contributed by atoms with Crippen molar-refractivity contribution in [2.24, 2.45) is 0 Å². The molecule has 3 aromatic carbocycles. The van der Waals surface area contributed by atoms with Gasteiger partial charge in [0.05, 0.1) is 10.6 Å². The standard InChI is InChI=1S/C23H20N2O4S/c1-16-11-13-18(14-12-16)30(27,28)25-22-21(24-15-17-7-3-2-4-8-17)19-9-5-6-10-20(19)29-23(22)26/h2-14,24-25H,15H2,1H3. The SMILES string of the molecule is Cc1ccc(S(=O)(=O)Nc2c(NCc3ccccc3)c3ccccc3oc2=O)cc1. The van der Waals surface area contributed by atoms with E-state index in [4.69, 9.17) is 4.42 Å². The summed E-state index contributed by atoms with van der Waals surface area (Å²) in [6, 6.07) is 23.0. The zero-order valence-electron chi connectivity index (χ0n) is 16.3. The van der Waals surface area contributed by atoms with Crippen LogP contribution in [0.3, 0.4) is 0 Å². The molecule has 1 heterocycles. The van der Waals surface area contributed by atoms with E-state index in [1.807, 2.05) is 37.3 Å². The lowest BCUT2D eigenvalue weighted by Gasteiger charge is -2.15. The topological polar surface area (TPSA) is 88.4 Å². The molecular formula is C23H20N2O4S. The Kier molecular flexibility index (Phi) is 5.29. The second-order valence-corrected chi connectivity index (χ2v) is 8.58. The van der Waals surface area contributed by atoms with Crippen molar-refractivity contribution >= 4 is 32.4 Å². The average molecular weight is 420 g/mol. The number of hydrogen-bond donors (Lipinski definition) is 2.